The molecule has 2 aromatic rings. The van der Waals surface area contributed by atoms with Crippen LogP contribution in [0.4, 0.5) is 10.2 Å². The molecule has 0 aliphatic heterocycles. The Bertz CT molecular complexity index is 685. The summed E-state index contributed by atoms with van der Waals surface area (Å²) in [6, 6.07) is 4.57. The van der Waals surface area contributed by atoms with Crippen LogP contribution >= 0.6 is 0 Å². The van der Waals surface area contributed by atoms with Crippen LogP contribution in [0.3, 0.4) is 0 Å². The van der Waals surface area contributed by atoms with Crippen LogP contribution in [0.25, 0.3) is 10.9 Å². The van der Waals surface area contributed by atoms with E-state index in [1.807, 2.05) is 0 Å². The predicted octanol–water partition coefficient (Wildman–Crippen LogP) is 0.730. The first-order valence-electron chi connectivity index (χ1n) is 5.55. The zero-order valence-corrected chi connectivity index (χ0v) is 11.0. The SMILES string of the molecule is CS(=O)(=O)NCCNc1ncnc2cccc(F)c12. The molecule has 0 aliphatic rings. The van der Waals surface area contributed by atoms with Gasteiger partial charge in [0.25, 0.3) is 0 Å². The molecule has 0 spiro atoms. The number of hydrogen-bond donors (Lipinski definition) is 2. The summed E-state index contributed by atoms with van der Waals surface area (Å²) in [6.07, 6.45) is 2.40. The third kappa shape index (κ3) is 3.58. The lowest BCUT2D eigenvalue weighted by molar-refractivity contribution is 0.589. The van der Waals surface area contributed by atoms with Gasteiger partial charge in [0.15, 0.2) is 0 Å². The van der Waals surface area contributed by atoms with E-state index in [1.54, 1.807) is 12.1 Å². The number of nitrogens with one attached hydrogen (secondary N) is 2. The fourth-order valence-corrected chi connectivity index (χ4v) is 2.09. The molecule has 0 amide bonds. The van der Waals surface area contributed by atoms with E-state index >= 15 is 0 Å². The molecule has 0 radical (unpaired) electrons. The van der Waals surface area contributed by atoms with E-state index in [-0.39, 0.29) is 6.54 Å². The van der Waals surface area contributed by atoms with Gasteiger partial charge in [-0.05, 0) is 12.1 Å². The zero-order chi connectivity index (χ0) is 13.9. The van der Waals surface area contributed by atoms with Crippen molar-refractivity contribution in [3.05, 3.63) is 30.3 Å². The normalized spacial score (nSPS) is 11.7. The number of hydrogen-bond acceptors (Lipinski definition) is 5. The Morgan fingerprint density at radius 2 is 2.05 bits per heavy atom. The number of anilines is 1. The van der Waals surface area contributed by atoms with Crippen LogP contribution in [0, 0.1) is 5.82 Å². The van der Waals surface area contributed by atoms with Crippen molar-refractivity contribution in [1.82, 2.24) is 14.7 Å². The standard InChI is InChI=1S/C11H13FN4O2S/c1-19(17,18)16-6-5-13-11-10-8(12)3-2-4-9(10)14-7-15-11/h2-4,7,16H,5-6H2,1H3,(H,13,14,15). The van der Waals surface area contributed by atoms with Crippen molar-refractivity contribution >= 4 is 26.7 Å². The maximum atomic E-state index is 13.7. The Kier molecular flexibility index (Phi) is 3.91. The van der Waals surface area contributed by atoms with E-state index in [9.17, 15) is 12.8 Å². The average Bonchev–Trinajstić information content (AvgIpc) is 2.34. The van der Waals surface area contributed by atoms with E-state index in [2.05, 4.69) is 20.0 Å². The highest BCUT2D eigenvalue weighted by molar-refractivity contribution is 7.88. The van der Waals surface area contributed by atoms with Crippen LogP contribution in [0.5, 0.6) is 0 Å². The lowest BCUT2D eigenvalue weighted by atomic mass is 10.2. The fraction of sp³-hybridized carbons (Fsp3) is 0.273. The molecule has 0 fully saturated rings. The molecule has 0 saturated carbocycles. The van der Waals surface area contributed by atoms with Crippen molar-refractivity contribution in [3.8, 4) is 0 Å². The number of benzene rings is 1. The van der Waals surface area contributed by atoms with E-state index < -0.39 is 15.8 Å². The van der Waals surface area contributed by atoms with Crippen LogP contribution in [-0.4, -0.2) is 37.7 Å². The molecule has 6 nitrogen and oxygen atoms in total. The summed E-state index contributed by atoms with van der Waals surface area (Å²) in [5.74, 6) is -0.0740. The number of fused-ring (bicyclic) bond motifs is 1. The number of sulfonamides is 1. The second-order valence-corrected chi connectivity index (χ2v) is 5.78. The molecule has 19 heavy (non-hydrogen) atoms. The van der Waals surface area contributed by atoms with Gasteiger partial charge >= 0.3 is 0 Å². The average molecular weight is 284 g/mol. The highest BCUT2D eigenvalue weighted by atomic mass is 32.2. The molecule has 0 aliphatic carbocycles. The summed E-state index contributed by atoms with van der Waals surface area (Å²) in [5.41, 5.74) is 0.494. The minimum absolute atomic E-state index is 0.193. The van der Waals surface area contributed by atoms with Gasteiger partial charge < -0.3 is 5.32 Å². The molecule has 0 atom stereocenters. The van der Waals surface area contributed by atoms with Crippen molar-refractivity contribution in [2.45, 2.75) is 0 Å². The predicted molar refractivity (Wildman–Crippen MR) is 70.8 cm³/mol. The molecular formula is C11H13FN4O2S. The van der Waals surface area contributed by atoms with E-state index in [4.69, 9.17) is 0 Å². The smallest absolute Gasteiger partial charge is 0.208 e. The topological polar surface area (TPSA) is 84.0 Å². The van der Waals surface area contributed by atoms with Gasteiger partial charge in [-0.3, -0.25) is 0 Å². The largest absolute Gasteiger partial charge is 0.368 e. The third-order valence-corrected chi connectivity index (χ3v) is 3.12. The molecule has 0 saturated heterocycles. The summed E-state index contributed by atoms with van der Waals surface area (Å²) in [6.45, 7) is 0.492. The van der Waals surface area contributed by atoms with Gasteiger partial charge in [-0.15, -0.1) is 0 Å². The lowest BCUT2D eigenvalue weighted by Gasteiger charge is -2.08. The highest BCUT2D eigenvalue weighted by Gasteiger charge is 2.08. The second kappa shape index (κ2) is 5.45. The first-order chi connectivity index (χ1) is 8.97. The molecular weight excluding hydrogens is 271 g/mol. The van der Waals surface area contributed by atoms with Crippen LogP contribution in [0.1, 0.15) is 0 Å². The fourth-order valence-electron chi connectivity index (χ4n) is 1.62. The molecule has 8 heteroatoms. The van der Waals surface area contributed by atoms with Gasteiger partial charge in [-0.1, -0.05) is 6.07 Å². The molecule has 1 heterocycles. The quantitative estimate of drug-likeness (QED) is 0.791. The van der Waals surface area contributed by atoms with Crippen molar-refractivity contribution in [2.75, 3.05) is 24.7 Å². The maximum Gasteiger partial charge on any atom is 0.208 e. The van der Waals surface area contributed by atoms with Gasteiger partial charge in [-0.25, -0.2) is 27.5 Å². The van der Waals surface area contributed by atoms with Crippen molar-refractivity contribution in [1.29, 1.82) is 0 Å². The Balaban J connectivity index is 2.13. The molecule has 2 N–H and O–H groups in total. The van der Waals surface area contributed by atoms with Crippen molar-refractivity contribution in [2.24, 2.45) is 0 Å². The number of rotatable bonds is 5. The van der Waals surface area contributed by atoms with E-state index in [0.29, 0.717) is 23.3 Å². The van der Waals surface area contributed by atoms with Crippen LogP contribution < -0.4 is 10.0 Å². The number of nitrogens with zero attached hydrogens (tertiary/aromatic N) is 2. The summed E-state index contributed by atoms with van der Waals surface area (Å²) < 4.78 is 37.8. The highest BCUT2D eigenvalue weighted by Crippen LogP contribution is 2.21. The summed E-state index contributed by atoms with van der Waals surface area (Å²) in [7, 11) is -3.23. The number of halogens is 1. The van der Waals surface area contributed by atoms with Gasteiger partial charge in [0.1, 0.15) is 18.0 Å². The third-order valence-electron chi connectivity index (χ3n) is 2.39. The van der Waals surface area contributed by atoms with Gasteiger partial charge in [-0.2, -0.15) is 0 Å². The van der Waals surface area contributed by atoms with Crippen molar-refractivity contribution < 1.29 is 12.8 Å². The minimum Gasteiger partial charge on any atom is -0.368 e. The van der Waals surface area contributed by atoms with Crippen LogP contribution in [-0.2, 0) is 10.0 Å². The van der Waals surface area contributed by atoms with Crippen molar-refractivity contribution in [3.63, 3.8) is 0 Å². The van der Waals surface area contributed by atoms with E-state index in [1.165, 1.54) is 12.4 Å². The second-order valence-electron chi connectivity index (χ2n) is 3.95. The Labute approximate surface area is 110 Å². The lowest BCUT2D eigenvalue weighted by Crippen LogP contribution is -2.27. The zero-order valence-electron chi connectivity index (χ0n) is 10.2. The maximum absolute atomic E-state index is 13.7. The van der Waals surface area contributed by atoms with Gasteiger partial charge in [0, 0.05) is 13.1 Å². The monoisotopic (exact) mass is 284 g/mol. The van der Waals surface area contributed by atoms with Gasteiger partial charge in [0.2, 0.25) is 10.0 Å². The summed E-state index contributed by atoms with van der Waals surface area (Å²) in [5, 5.41) is 3.18. The minimum atomic E-state index is -3.23. The number of aromatic nitrogens is 2. The summed E-state index contributed by atoms with van der Waals surface area (Å²) in [4.78, 5) is 7.93. The Morgan fingerprint density at radius 3 is 2.79 bits per heavy atom. The Hall–Kier alpha value is -1.80. The van der Waals surface area contributed by atoms with Crippen LogP contribution in [0.15, 0.2) is 24.5 Å². The van der Waals surface area contributed by atoms with E-state index in [0.717, 1.165) is 6.26 Å². The molecule has 1 aromatic heterocycles. The molecule has 0 unspecified atom stereocenters. The van der Waals surface area contributed by atoms with Crippen LogP contribution in [0.2, 0.25) is 0 Å². The first kappa shape index (κ1) is 13.6. The van der Waals surface area contributed by atoms with Gasteiger partial charge in [0.05, 0.1) is 17.2 Å². The molecule has 1 aromatic carbocycles. The molecule has 0 bridgehead atoms. The first-order valence-corrected chi connectivity index (χ1v) is 7.44. The molecule has 102 valence electrons. The summed E-state index contributed by atoms with van der Waals surface area (Å²) >= 11 is 0. The molecule has 2 rings (SSSR count). The Morgan fingerprint density at radius 1 is 1.26 bits per heavy atom.